The normalized spacial score (nSPS) is 11.3. The van der Waals surface area contributed by atoms with Gasteiger partial charge in [-0.25, -0.2) is 13.4 Å². The third-order valence-electron chi connectivity index (χ3n) is 3.94. The molecule has 2 N–H and O–H groups in total. The summed E-state index contributed by atoms with van der Waals surface area (Å²) >= 11 is 3.39. The van der Waals surface area contributed by atoms with Crippen molar-refractivity contribution in [2.24, 2.45) is 0 Å². The second-order valence-corrected chi connectivity index (χ2v) is 8.60. The second-order valence-electron chi connectivity index (χ2n) is 6.06. The van der Waals surface area contributed by atoms with Crippen molar-refractivity contribution in [2.45, 2.75) is 4.90 Å². The van der Waals surface area contributed by atoms with E-state index in [1.54, 1.807) is 37.5 Å². The van der Waals surface area contributed by atoms with Crippen LogP contribution >= 0.6 is 15.9 Å². The van der Waals surface area contributed by atoms with E-state index in [0.29, 0.717) is 11.4 Å². The maximum atomic E-state index is 12.4. The Labute approximate surface area is 183 Å². The second kappa shape index (κ2) is 9.55. The molecule has 1 aromatic heterocycles. The number of carbonyl (C=O) groups excluding carboxylic acids is 1. The highest BCUT2D eigenvalue weighted by Gasteiger charge is 2.14. The monoisotopic (exact) mass is 487 g/mol. The van der Waals surface area contributed by atoms with Gasteiger partial charge in [0.05, 0.1) is 16.5 Å². The number of pyridine rings is 1. The molecule has 30 heavy (non-hydrogen) atoms. The lowest BCUT2D eigenvalue weighted by Gasteiger charge is -2.08. The lowest BCUT2D eigenvalue weighted by Crippen LogP contribution is -2.14. The number of sulfonamides is 1. The zero-order valence-electron chi connectivity index (χ0n) is 15.9. The van der Waals surface area contributed by atoms with E-state index in [4.69, 9.17) is 4.74 Å². The molecule has 7 nitrogen and oxygen atoms in total. The summed E-state index contributed by atoms with van der Waals surface area (Å²) in [6.45, 7) is 0. The Hall–Kier alpha value is -3.17. The number of benzene rings is 2. The summed E-state index contributed by atoms with van der Waals surface area (Å²) in [5.41, 5.74) is 1.29. The molecule has 0 spiro atoms. The highest BCUT2D eigenvalue weighted by atomic mass is 79.9. The molecule has 0 fully saturated rings. The van der Waals surface area contributed by atoms with Gasteiger partial charge in [-0.05, 0) is 76.1 Å². The van der Waals surface area contributed by atoms with E-state index in [-0.39, 0.29) is 16.6 Å². The number of carbonyl (C=O) groups is 1. The summed E-state index contributed by atoms with van der Waals surface area (Å²) < 4.78 is 33.2. The van der Waals surface area contributed by atoms with E-state index in [1.807, 2.05) is 12.1 Å². The van der Waals surface area contributed by atoms with Crippen LogP contribution in [0.25, 0.3) is 6.08 Å². The molecule has 0 saturated carbocycles. The first-order chi connectivity index (χ1) is 14.4. The Morgan fingerprint density at radius 1 is 1.10 bits per heavy atom. The van der Waals surface area contributed by atoms with E-state index in [1.165, 1.54) is 36.5 Å². The lowest BCUT2D eigenvalue weighted by molar-refractivity contribution is -0.111. The van der Waals surface area contributed by atoms with Crippen LogP contribution in [0.5, 0.6) is 5.75 Å². The van der Waals surface area contributed by atoms with E-state index in [2.05, 4.69) is 31.0 Å². The van der Waals surface area contributed by atoms with Gasteiger partial charge >= 0.3 is 0 Å². The predicted molar refractivity (Wildman–Crippen MR) is 120 cm³/mol. The van der Waals surface area contributed by atoms with E-state index in [0.717, 1.165) is 10.0 Å². The average molecular weight is 488 g/mol. The molecule has 0 atom stereocenters. The van der Waals surface area contributed by atoms with Gasteiger partial charge < -0.3 is 10.1 Å². The highest BCUT2D eigenvalue weighted by Crippen LogP contribution is 2.26. The minimum absolute atomic E-state index is 0.0600. The van der Waals surface area contributed by atoms with Crippen LogP contribution in [0.15, 0.2) is 82.3 Å². The van der Waals surface area contributed by atoms with Crippen molar-refractivity contribution in [1.82, 2.24) is 4.98 Å². The molecule has 0 aliphatic rings. The minimum Gasteiger partial charge on any atom is -0.496 e. The van der Waals surface area contributed by atoms with Crippen LogP contribution in [0.2, 0.25) is 0 Å². The zero-order chi connectivity index (χ0) is 21.6. The first-order valence-corrected chi connectivity index (χ1v) is 11.0. The van der Waals surface area contributed by atoms with Crippen molar-refractivity contribution in [2.75, 3.05) is 17.1 Å². The molecule has 3 aromatic rings. The molecule has 1 amide bonds. The van der Waals surface area contributed by atoms with Crippen molar-refractivity contribution < 1.29 is 17.9 Å². The molecule has 0 radical (unpaired) electrons. The molecule has 0 saturated heterocycles. The first-order valence-electron chi connectivity index (χ1n) is 8.74. The summed E-state index contributed by atoms with van der Waals surface area (Å²) in [5.74, 6) is 0.582. The molecule has 1 heterocycles. The van der Waals surface area contributed by atoms with Gasteiger partial charge in [0.1, 0.15) is 11.6 Å². The molecule has 2 aromatic carbocycles. The van der Waals surface area contributed by atoms with Crippen LogP contribution in [-0.2, 0) is 14.8 Å². The molecule has 9 heteroatoms. The standard InChI is InChI=1S/C21H18BrN3O4S/c1-29-19-11-5-15(14-18(19)22)6-12-21(26)24-16-7-9-17(10-8-16)30(27,28)25-20-4-2-3-13-23-20/h2-14H,1H3,(H,23,25)(H,24,26)/b12-6+. The Bertz CT molecular complexity index is 1160. The number of amides is 1. The number of nitrogens with one attached hydrogen (secondary N) is 2. The average Bonchev–Trinajstić information content (AvgIpc) is 2.73. The number of anilines is 2. The minimum atomic E-state index is -3.77. The first kappa shape index (κ1) is 21.5. The van der Waals surface area contributed by atoms with Crippen LogP contribution in [0.1, 0.15) is 5.56 Å². The molecular formula is C21H18BrN3O4S. The SMILES string of the molecule is COc1ccc(/C=C/C(=O)Nc2ccc(S(=O)(=O)Nc3ccccn3)cc2)cc1Br. The molecule has 0 unspecified atom stereocenters. The lowest BCUT2D eigenvalue weighted by atomic mass is 10.2. The van der Waals surface area contributed by atoms with Gasteiger partial charge in [0.25, 0.3) is 10.0 Å². The van der Waals surface area contributed by atoms with Crippen LogP contribution in [0.4, 0.5) is 11.5 Å². The predicted octanol–water partition coefficient (Wildman–Crippen LogP) is 4.31. The smallest absolute Gasteiger partial charge is 0.263 e. The molecule has 0 aliphatic carbocycles. The van der Waals surface area contributed by atoms with Gasteiger partial charge in [-0.1, -0.05) is 12.1 Å². The molecule has 0 bridgehead atoms. The number of hydrogen-bond donors (Lipinski definition) is 2. The summed E-state index contributed by atoms with van der Waals surface area (Å²) in [6, 6.07) is 16.2. The van der Waals surface area contributed by atoms with Crippen molar-refractivity contribution >= 4 is 49.4 Å². The van der Waals surface area contributed by atoms with Gasteiger partial charge in [0.15, 0.2) is 0 Å². The Morgan fingerprint density at radius 2 is 1.87 bits per heavy atom. The van der Waals surface area contributed by atoms with E-state index in [9.17, 15) is 13.2 Å². The summed E-state index contributed by atoms with van der Waals surface area (Å²) in [7, 11) is -2.19. The van der Waals surface area contributed by atoms with Crippen LogP contribution < -0.4 is 14.8 Å². The van der Waals surface area contributed by atoms with E-state index >= 15 is 0 Å². The zero-order valence-corrected chi connectivity index (χ0v) is 18.3. The van der Waals surface area contributed by atoms with Gasteiger partial charge in [-0.15, -0.1) is 0 Å². The number of nitrogens with zero attached hydrogens (tertiary/aromatic N) is 1. The quantitative estimate of drug-likeness (QED) is 0.484. The van der Waals surface area contributed by atoms with Gasteiger partial charge in [-0.3, -0.25) is 9.52 Å². The number of rotatable bonds is 7. The number of hydrogen-bond acceptors (Lipinski definition) is 5. The fraction of sp³-hybridized carbons (Fsp3) is 0.0476. The maximum absolute atomic E-state index is 12.4. The van der Waals surface area contributed by atoms with Crippen LogP contribution in [0.3, 0.4) is 0 Å². The fourth-order valence-electron chi connectivity index (χ4n) is 2.48. The number of methoxy groups -OCH3 is 1. The van der Waals surface area contributed by atoms with Gasteiger partial charge in [0, 0.05) is 18.0 Å². The topological polar surface area (TPSA) is 97.4 Å². The van der Waals surface area contributed by atoms with Crippen molar-refractivity contribution in [1.29, 1.82) is 0 Å². The molecule has 3 rings (SSSR count). The fourth-order valence-corrected chi connectivity index (χ4v) is 4.05. The van der Waals surface area contributed by atoms with Crippen molar-refractivity contribution in [3.63, 3.8) is 0 Å². The number of ether oxygens (including phenoxy) is 1. The van der Waals surface area contributed by atoms with Crippen molar-refractivity contribution in [3.8, 4) is 5.75 Å². The summed E-state index contributed by atoms with van der Waals surface area (Å²) in [6.07, 6.45) is 4.55. The van der Waals surface area contributed by atoms with Gasteiger partial charge in [0.2, 0.25) is 5.91 Å². The van der Waals surface area contributed by atoms with Crippen LogP contribution in [0, 0.1) is 0 Å². The third-order valence-corrected chi connectivity index (χ3v) is 5.93. The Kier molecular flexibility index (Phi) is 6.86. The molecular weight excluding hydrogens is 470 g/mol. The maximum Gasteiger partial charge on any atom is 0.263 e. The van der Waals surface area contributed by atoms with Gasteiger partial charge in [-0.2, -0.15) is 0 Å². The molecule has 0 aliphatic heterocycles. The van der Waals surface area contributed by atoms with E-state index < -0.39 is 10.0 Å². The van der Waals surface area contributed by atoms with Crippen molar-refractivity contribution in [3.05, 3.63) is 83.0 Å². The van der Waals surface area contributed by atoms with Crippen LogP contribution in [-0.4, -0.2) is 26.4 Å². The number of aromatic nitrogens is 1. The largest absolute Gasteiger partial charge is 0.496 e. The summed E-state index contributed by atoms with van der Waals surface area (Å²) in [4.78, 5) is 16.1. The summed E-state index contributed by atoms with van der Waals surface area (Å²) in [5, 5.41) is 2.69. The number of halogens is 1. The highest BCUT2D eigenvalue weighted by molar-refractivity contribution is 9.10. The Morgan fingerprint density at radius 3 is 2.50 bits per heavy atom. The Balaban J connectivity index is 1.63. The molecule has 154 valence electrons. The third kappa shape index (κ3) is 5.68.